The Bertz CT molecular complexity index is 1120. The molecule has 5 rings (SSSR count). The van der Waals surface area contributed by atoms with Gasteiger partial charge in [-0.1, -0.05) is 0 Å². The molecule has 4 aromatic heterocycles. The first-order valence-corrected chi connectivity index (χ1v) is 9.53. The number of hydrogen-bond acceptors (Lipinski definition) is 5. The van der Waals surface area contributed by atoms with Crippen molar-refractivity contribution in [2.75, 3.05) is 38.1 Å². The highest BCUT2D eigenvalue weighted by atomic mass is 15.3. The Kier molecular flexibility index (Phi) is 4.09. The van der Waals surface area contributed by atoms with Crippen molar-refractivity contribution < 1.29 is 0 Å². The fourth-order valence-electron chi connectivity index (χ4n) is 3.76. The van der Waals surface area contributed by atoms with E-state index in [-0.39, 0.29) is 0 Å². The van der Waals surface area contributed by atoms with Crippen molar-refractivity contribution in [2.24, 2.45) is 7.05 Å². The number of nitrogens with zero attached hydrogens (tertiary/aromatic N) is 6. The van der Waals surface area contributed by atoms with Crippen molar-refractivity contribution in [1.29, 1.82) is 0 Å². The molecule has 142 valence electrons. The highest BCUT2D eigenvalue weighted by molar-refractivity contribution is 5.96. The van der Waals surface area contributed by atoms with Crippen LogP contribution >= 0.6 is 0 Å². The number of rotatable bonds is 3. The molecule has 0 unspecified atom stereocenters. The standard InChI is InChI=1S/C21H23N7/c1-26-5-7-28(8-6-26)20-10-15(3-4-22-20)19-13-24-21-18(19)9-16(11-23-21)17-12-25-27(2)14-17/h3-4,9-14H,5-8H2,1-2H3,(H,23,24). The number of aryl methyl sites for hydroxylation is 1. The molecule has 5 heterocycles. The highest BCUT2D eigenvalue weighted by Gasteiger charge is 2.17. The van der Waals surface area contributed by atoms with Gasteiger partial charge in [0, 0.05) is 80.1 Å². The summed E-state index contributed by atoms with van der Waals surface area (Å²) in [5.74, 6) is 1.04. The zero-order valence-corrected chi connectivity index (χ0v) is 16.1. The molecule has 1 fully saturated rings. The lowest BCUT2D eigenvalue weighted by Gasteiger charge is -2.33. The van der Waals surface area contributed by atoms with Gasteiger partial charge in [-0.3, -0.25) is 4.68 Å². The van der Waals surface area contributed by atoms with E-state index < -0.39 is 0 Å². The minimum Gasteiger partial charge on any atom is -0.354 e. The number of nitrogens with one attached hydrogen (secondary N) is 1. The van der Waals surface area contributed by atoms with E-state index in [1.807, 2.05) is 42.7 Å². The van der Waals surface area contributed by atoms with Gasteiger partial charge >= 0.3 is 0 Å². The fourth-order valence-corrected chi connectivity index (χ4v) is 3.76. The minimum absolute atomic E-state index is 0.889. The third-order valence-corrected chi connectivity index (χ3v) is 5.45. The number of hydrogen-bond donors (Lipinski definition) is 1. The van der Waals surface area contributed by atoms with Gasteiger partial charge in [0.1, 0.15) is 11.5 Å². The summed E-state index contributed by atoms with van der Waals surface area (Å²) in [6.45, 7) is 4.15. The number of likely N-dealkylation sites (N-methyl/N-ethyl adjacent to an activating group) is 1. The first-order chi connectivity index (χ1) is 13.7. The van der Waals surface area contributed by atoms with Crippen molar-refractivity contribution in [3.05, 3.63) is 49.2 Å². The molecule has 1 aliphatic rings. The summed E-state index contributed by atoms with van der Waals surface area (Å²) >= 11 is 0. The average Bonchev–Trinajstić information content (AvgIpc) is 3.34. The molecule has 1 saturated heterocycles. The number of piperazine rings is 1. The van der Waals surface area contributed by atoms with E-state index in [9.17, 15) is 0 Å². The van der Waals surface area contributed by atoms with Gasteiger partial charge in [-0.25, -0.2) is 9.97 Å². The van der Waals surface area contributed by atoms with Gasteiger partial charge in [0.15, 0.2) is 0 Å². The van der Waals surface area contributed by atoms with Crippen molar-refractivity contribution in [1.82, 2.24) is 29.6 Å². The van der Waals surface area contributed by atoms with Crippen molar-refractivity contribution >= 4 is 16.9 Å². The van der Waals surface area contributed by atoms with E-state index in [2.05, 4.69) is 55.1 Å². The zero-order valence-electron chi connectivity index (χ0n) is 16.1. The summed E-state index contributed by atoms with van der Waals surface area (Å²) in [4.78, 5) is 17.2. The maximum absolute atomic E-state index is 4.62. The van der Waals surface area contributed by atoms with Crippen LogP contribution in [-0.2, 0) is 7.05 Å². The number of fused-ring (bicyclic) bond motifs is 1. The van der Waals surface area contributed by atoms with Crippen LogP contribution in [0.2, 0.25) is 0 Å². The molecule has 4 aromatic rings. The highest BCUT2D eigenvalue weighted by Crippen LogP contribution is 2.32. The van der Waals surface area contributed by atoms with Crippen LogP contribution in [0.15, 0.2) is 49.2 Å². The maximum Gasteiger partial charge on any atom is 0.137 e. The summed E-state index contributed by atoms with van der Waals surface area (Å²) in [6, 6.07) is 6.44. The molecule has 28 heavy (non-hydrogen) atoms. The molecule has 1 N–H and O–H groups in total. The molecule has 0 radical (unpaired) electrons. The van der Waals surface area contributed by atoms with E-state index in [1.165, 1.54) is 0 Å². The minimum atomic E-state index is 0.889. The van der Waals surface area contributed by atoms with Gasteiger partial charge in [-0.2, -0.15) is 5.10 Å². The fraction of sp³-hybridized carbons (Fsp3) is 0.286. The Morgan fingerprint density at radius 1 is 0.929 bits per heavy atom. The van der Waals surface area contributed by atoms with E-state index in [1.54, 1.807) is 0 Å². The van der Waals surface area contributed by atoms with E-state index in [4.69, 9.17) is 0 Å². The van der Waals surface area contributed by atoms with Crippen LogP contribution in [0, 0.1) is 0 Å². The smallest absolute Gasteiger partial charge is 0.137 e. The van der Waals surface area contributed by atoms with E-state index in [0.29, 0.717) is 0 Å². The second-order valence-electron chi connectivity index (χ2n) is 7.42. The van der Waals surface area contributed by atoms with Crippen LogP contribution in [0.4, 0.5) is 5.82 Å². The molecule has 0 aliphatic carbocycles. The van der Waals surface area contributed by atoms with Crippen LogP contribution < -0.4 is 4.90 Å². The lowest BCUT2D eigenvalue weighted by molar-refractivity contribution is 0.312. The van der Waals surface area contributed by atoms with E-state index in [0.717, 1.165) is 65.3 Å². The van der Waals surface area contributed by atoms with Gasteiger partial charge in [0.2, 0.25) is 0 Å². The largest absolute Gasteiger partial charge is 0.354 e. The SMILES string of the molecule is CN1CCN(c2cc(-c3c[nH]c4ncc(-c5cnn(C)c5)cc34)ccn2)CC1. The van der Waals surface area contributed by atoms with E-state index >= 15 is 0 Å². The number of pyridine rings is 2. The molecule has 7 heteroatoms. The lowest BCUT2D eigenvalue weighted by atomic mass is 10.0. The summed E-state index contributed by atoms with van der Waals surface area (Å²) in [5, 5.41) is 5.38. The topological polar surface area (TPSA) is 65.9 Å². The Balaban J connectivity index is 1.53. The van der Waals surface area contributed by atoms with Gasteiger partial charge in [0.05, 0.1) is 6.20 Å². The second kappa shape index (κ2) is 6.76. The molecular formula is C21H23N7. The van der Waals surface area contributed by atoms with Gasteiger partial charge in [0.25, 0.3) is 0 Å². The maximum atomic E-state index is 4.62. The molecular weight excluding hydrogens is 350 g/mol. The number of aromatic nitrogens is 5. The Morgan fingerprint density at radius 3 is 2.57 bits per heavy atom. The lowest BCUT2D eigenvalue weighted by Crippen LogP contribution is -2.44. The summed E-state index contributed by atoms with van der Waals surface area (Å²) in [7, 11) is 4.09. The molecule has 0 aromatic carbocycles. The Labute approximate surface area is 163 Å². The molecule has 0 atom stereocenters. The molecule has 0 amide bonds. The number of H-pyrrole nitrogens is 1. The average molecular weight is 373 g/mol. The Morgan fingerprint density at radius 2 is 1.79 bits per heavy atom. The van der Waals surface area contributed by atoms with Gasteiger partial charge < -0.3 is 14.8 Å². The number of anilines is 1. The first kappa shape index (κ1) is 16.9. The zero-order chi connectivity index (χ0) is 19.1. The molecule has 0 spiro atoms. The van der Waals surface area contributed by atoms with Crippen molar-refractivity contribution in [2.45, 2.75) is 0 Å². The van der Waals surface area contributed by atoms with Crippen LogP contribution in [0.5, 0.6) is 0 Å². The second-order valence-corrected chi connectivity index (χ2v) is 7.42. The normalized spacial score (nSPS) is 15.4. The first-order valence-electron chi connectivity index (χ1n) is 9.53. The van der Waals surface area contributed by atoms with Crippen LogP contribution in [0.1, 0.15) is 0 Å². The van der Waals surface area contributed by atoms with Gasteiger partial charge in [-0.15, -0.1) is 0 Å². The summed E-state index contributed by atoms with van der Waals surface area (Å²) in [5.41, 5.74) is 5.32. The monoisotopic (exact) mass is 373 g/mol. The third-order valence-electron chi connectivity index (χ3n) is 5.45. The molecule has 0 saturated carbocycles. The quantitative estimate of drug-likeness (QED) is 0.598. The molecule has 1 aliphatic heterocycles. The van der Waals surface area contributed by atoms with Crippen molar-refractivity contribution in [3.63, 3.8) is 0 Å². The summed E-state index contributed by atoms with van der Waals surface area (Å²) in [6.07, 6.45) is 9.70. The van der Waals surface area contributed by atoms with Crippen LogP contribution in [0.3, 0.4) is 0 Å². The predicted molar refractivity (Wildman–Crippen MR) is 111 cm³/mol. The predicted octanol–water partition coefficient (Wildman–Crippen LogP) is 2.78. The summed E-state index contributed by atoms with van der Waals surface area (Å²) < 4.78 is 1.81. The van der Waals surface area contributed by atoms with Crippen molar-refractivity contribution in [3.8, 4) is 22.3 Å². The molecule has 7 nitrogen and oxygen atoms in total. The molecule has 0 bridgehead atoms. The van der Waals surface area contributed by atoms with Crippen LogP contribution in [0.25, 0.3) is 33.3 Å². The Hall–Kier alpha value is -3.19. The van der Waals surface area contributed by atoms with Gasteiger partial charge in [-0.05, 0) is 30.8 Å². The number of aromatic amines is 1. The third kappa shape index (κ3) is 3.03. The van der Waals surface area contributed by atoms with Crippen LogP contribution in [-0.4, -0.2) is 62.9 Å².